The molecule has 0 aliphatic rings. The van der Waals surface area contributed by atoms with E-state index in [4.69, 9.17) is 9.47 Å². The summed E-state index contributed by atoms with van der Waals surface area (Å²) in [6.45, 7) is 4.06. The number of pyridine rings is 1. The van der Waals surface area contributed by atoms with Gasteiger partial charge in [-0.15, -0.1) is 0 Å². The lowest BCUT2D eigenvalue weighted by atomic mass is 10.1. The predicted octanol–water partition coefficient (Wildman–Crippen LogP) is 4.34. The lowest BCUT2D eigenvalue weighted by Gasteiger charge is -2.20. The Kier molecular flexibility index (Phi) is 5.07. The number of hydrogen-bond donors (Lipinski definition) is 1. The lowest BCUT2D eigenvalue weighted by molar-refractivity contribution is 0.397. The molecule has 2 rings (SSSR count). The Hall–Kier alpha value is -1.75. The van der Waals surface area contributed by atoms with E-state index >= 15 is 0 Å². The van der Waals surface area contributed by atoms with Crippen molar-refractivity contribution in [1.82, 2.24) is 4.98 Å². The van der Waals surface area contributed by atoms with E-state index in [0.29, 0.717) is 0 Å². The van der Waals surface area contributed by atoms with Gasteiger partial charge < -0.3 is 14.8 Å². The zero-order chi connectivity index (χ0) is 15.4. The highest BCUT2D eigenvalue weighted by Gasteiger charge is 2.14. The van der Waals surface area contributed by atoms with E-state index in [2.05, 4.69) is 33.2 Å². The Morgan fingerprint density at radius 3 is 2.52 bits per heavy atom. The Labute approximate surface area is 133 Å². The van der Waals surface area contributed by atoms with Gasteiger partial charge in [-0.05, 0) is 60.1 Å². The molecule has 21 heavy (non-hydrogen) atoms. The molecule has 0 radical (unpaired) electrons. The van der Waals surface area contributed by atoms with Crippen LogP contribution in [0.25, 0.3) is 0 Å². The predicted molar refractivity (Wildman–Crippen MR) is 88.3 cm³/mol. The summed E-state index contributed by atoms with van der Waals surface area (Å²) in [5.74, 6) is 1.64. The van der Waals surface area contributed by atoms with Crippen LogP contribution in [0.5, 0.6) is 11.5 Å². The molecule has 0 amide bonds. The van der Waals surface area contributed by atoms with Crippen molar-refractivity contribution < 1.29 is 9.47 Å². The number of aromatic nitrogens is 1. The number of hydrogen-bond acceptors (Lipinski definition) is 4. The van der Waals surface area contributed by atoms with Crippen molar-refractivity contribution in [2.45, 2.75) is 19.9 Å². The normalized spacial score (nSPS) is 11.9. The van der Waals surface area contributed by atoms with Gasteiger partial charge in [0.1, 0.15) is 16.1 Å². The van der Waals surface area contributed by atoms with E-state index in [9.17, 15) is 0 Å². The van der Waals surface area contributed by atoms with Gasteiger partial charge >= 0.3 is 0 Å². The van der Waals surface area contributed by atoms with Crippen molar-refractivity contribution in [3.05, 3.63) is 46.2 Å². The average molecular weight is 351 g/mol. The number of aryl methyl sites for hydroxylation is 1. The molecule has 0 aliphatic carbocycles. The smallest absolute Gasteiger partial charge is 0.124 e. The first kappa shape index (κ1) is 15.6. The second-order valence-electron chi connectivity index (χ2n) is 4.74. The van der Waals surface area contributed by atoms with Gasteiger partial charge in [-0.25, -0.2) is 4.98 Å². The first-order valence-corrected chi connectivity index (χ1v) is 7.46. The summed E-state index contributed by atoms with van der Waals surface area (Å²) in [6.07, 6.45) is 0. The molecule has 1 heterocycles. The van der Waals surface area contributed by atoms with Gasteiger partial charge in [-0.2, -0.15) is 0 Å². The van der Waals surface area contributed by atoms with Gasteiger partial charge in [0.05, 0.1) is 31.6 Å². The highest BCUT2D eigenvalue weighted by molar-refractivity contribution is 9.10. The van der Waals surface area contributed by atoms with Crippen molar-refractivity contribution in [2.24, 2.45) is 0 Å². The average Bonchev–Trinajstić information content (AvgIpc) is 2.49. The summed E-state index contributed by atoms with van der Waals surface area (Å²) in [4.78, 5) is 4.39. The van der Waals surface area contributed by atoms with Crippen molar-refractivity contribution in [2.75, 3.05) is 19.5 Å². The Morgan fingerprint density at radius 2 is 1.90 bits per heavy atom. The maximum Gasteiger partial charge on any atom is 0.124 e. The minimum atomic E-state index is 0.0664. The fourth-order valence-corrected chi connectivity index (χ4v) is 2.57. The van der Waals surface area contributed by atoms with E-state index in [1.165, 1.54) is 0 Å². The minimum absolute atomic E-state index is 0.0664. The fraction of sp³-hybridized carbons (Fsp3) is 0.312. The molecule has 4 nitrogen and oxygen atoms in total. The zero-order valence-corrected chi connectivity index (χ0v) is 14.2. The molecule has 1 unspecified atom stereocenters. The minimum Gasteiger partial charge on any atom is -0.497 e. The van der Waals surface area contributed by atoms with E-state index < -0.39 is 0 Å². The van der Waals surface area contributed by atoms with Crippen LogP contribution in [0.15, 0.2) is 34.9 Å². The van der Waals surface area contributed by atoms with Gasteiger partial charge in [-0.3, -0.25) is 0 Å². The first-order chi connectivity index (χ1) is 10.0. The molecule has 0 saturated heterocycles. The molecule has 1 N–H and O–H groups in total. The Morgan fingerprint density at radius 1 is 1.14 bits per heavy atom. The molecule has 112 valence electrons. The molecule has 1 atom stereocenters. The van der Waals surface area contributed by atoms with Crippen LogP contribution in [-0.2, 0) is 0 Å². The Balaban J connectivity index is 2.28. The number of anilines is 1. The highest BCUT2D eigenvalue weighted by Crippen LogP contribution is 2.31. The van der Waals surface area contributed by atoms with Gasteiger partial charge in [0, 0.05) is 5.56 Å². The van der Waals surface area contributed by atoms with Crippen molar-refractivity contribution >= 4 is 21.6 Å². The maximum atomic E-state index is 5.43. The molecule has 0 aliphatic heterocycles. The van der Waals surface area contributed by atoms with E-state index in [1.807, 2.05) is 37.3 Å². The molecule has 5 heteroatoms. The second-order valence-corrected chi connectivity index (χ2v) is 5.55. The van der Waals surface area contributed by atoms with Crippen LogP contribution in [0.2, 0.25) is 0 Å². The van der Waals surface area contributed by atoms with Crippen LogP contribution in [0, 0.1) is 6.92 Å². The summed E-state index contributed by atoms with van der Waals surface area (Å²) < 4.78 is 11.6. The third-order valence-corrected chi connectivity index (χ3v) is 3.77. The molecule has 0 bridgehead atoms. The second kappa shape index (κ2) is 6.80. The number of ether oxygens (including phenoxy) is 2. The number of rotatable bonds is 5. The zero-order valence-electron chi connectivity index (χ0n) is 12.6. The number of benzene rings is 1. The van der Waals surface area contributed by atoms with Gasteiger partial charge in [0.2, 0.25) is 0 Å². The fourth-order valence-electron chi connectivity index (χ4n) is 2.17. The molecule has 0 spiro atoms. The molecule has 1 aromatic heterocycles. The molecule has 0 fully saturated rings. The van der Waals surface area contributed by atoms with Crippen LogP contribution < -0.4 is 14.8 Å². The Bertz CT molecular complexity index is 632. The van der Waals surface area contributed by atoms with E-state index in [1.54, 1.807) is 14.2 Å². The van der Waals surface area contributed by atoms with Crippen LogP contribution >= 0.6 is 15.9 Å². The number of nitrogens with zero attached hydrogens (tertiary/aromatic N) is 1. The van der Waals surface area contributed by atoms with Gasteiger partial charge in [-0.1, -0.05) is 0 Å². The summed E-state index contributed by atoms with van der Waals surface area (Å²) >= 11 is 3.37. The molecule has 1 aromatic carbocycles. The highest BCUT2D eigenvalue weighted by atomic mass is 79.9. The van der Waals surface area contributed by atoms with Crippen LogP contribution in [0.4, 0.5) is 5.69 Å². The third-order valence-electron chi connectivity index (χ3n) is 3.33. The number of nitrogens with one attached hydrogen (secondary N) is 1. The maximum absolute atomic E-state index is 5.43. The van der Waals surface area contributed by atoms with Crippen molar-refractivity contribution in [1.29, 1.82) is 0 Å². The quantitative estimate of drug-likeness (QED) is 0.814. The number of halogens is 1. The van der Waals surface area contributed by atoms with Gasteiger partial charge in [0.25, 0.3) is 0 Å². The topological polar surface area (TPSA) is 43.4 Å². The lowest BCUT2D eigenvalue weighted by Crippen LogP contribution is -2.10. The summed E-state index contributed by atoms with van der Waals surface area (Å²) in [6, 6.07) is 9.79. The van der Waals surface area contributed by atoms with Crippen LogP contribution in [0.3, 0.4) is 0 Å². The van der Waals surface area contributed by atoms with E-state index in [0.717, 1.165) is 33.0 Å². The van der Waals surface area contributed by atoms with E-state index in [-0.39, 0.29) is 6.04 Å². The molecular formula is C16H19BrN2O2. The van der Waals surface area contributed by atoms with Crippen LogP contribution in [0.1, 0.15) is 24.2 Å². The summed E-state index contributed by atoms with van der Waals surface area (Å²) in [5, 5.41) is 3.46. The van der Waals surface area contributed by atoms with Crippen molar-refractivity contribution in [3.8, 4) is 11.5 Å². The third kappa shape index (κ3) is 3.67. The first-order valence-electron chi connectivity index (χ1n) is 6.66. The molecule has 2 aromatic rings. The largest absolute Gasteiger partial charge is 0.497 e. The summed E-state index contributed by atoms with van der Waals surface area (Å²) in [5.41, 5.74) is 2.98. The van der Waals surface area contributed by atoms with Crippen LogP contribution in [-0.4, -0.2) is 19.2 Å². The van der Waals surface area contributed by atoms with Crippen molar-refractivity contribution in [3.63, 3.8) is 0 Å². The number of methoxy groups -OCH3 is 2. The van der Waals surface area contributed by atoms with Gasteiger partial charge in [0.15, 0.2) is 0 Å². The standard InChI is InChI=1S/C16H19BrN2O2/c1-10(18-14-6-8-16(17)19-11(14)2)13-9-12(20-3)5-7-15(13)21-4/h5-10,18H,1-4H3. The molecule has 0 saturated carbocycles. The SMILES string of the molecule is COc1ccc(OC)c(C(C)Nc2ccc(Br)nc2C)c1. The summed E-state index contributed by atoms with van der Waals surface area (Å²) in [7, 11) is 3.33. The monoisotopic (exact) mass is 350 g/mol. The molecular weight excluding hydrogens is 332 g/mol.